The van der Waals surface area contributed by atoms with Crippen molar-refractivity contribution in [2.24, 2.45) is 5.16 Å². The fraction of sp³-hybridized carbons (Fsp3) is 0.364. The molecule has 0 amide bonds. The van der Waals surface area contributed by atoms with Crippen LogP contribution in [0.2, 0.25) is 5.02 Å². The van der Waals surface area contributed by atoms with Crippen LogP contribution in [0, 0.1) is 0 Å². The topological polar surface area (TPSA) is 67.8 Å². The zero-order valence-corrected chi connectivity index (χ0v) is 13.2. The van der Waals surface area contributed by atoms with Crippen LogP contribution in [0.3, 0.4) is 0 Å². The molecule has 1 N–H and O–H groups in total. The van der Waals surface area contributed by atoms with Crippen molar-refractivity contribution in [3.63, 3.8) is 0 Å². The minimum Gasteiger partial charge on any atom is -0.386 e. The van der Waals surface area contributed by atoms with Crippen LogP contribution >= 0.6 is 11.6 Å². The molecule has 0 atom stereocenters. The van der Waals surface area contributed by atoms with Crippen molar-refractivity contribution < 1.29 is 39.6 Å². The first-order valence-corrected chi connectivity index (χ1v) is 7.71. The van der Waals surface area contributed by atoms with Crippen LogP contribution in [0.1, 0.15) is 12.5 Å². The molecule has 0 spiro atoms. The number of benzene rings is 1. The molecule has 24 heavy (non-hydrogen) atoms. The van der Waals surface area contributed by atoms with Gasteiger partial charge in [0, 0.05) is 10.6 Å². The van der Waals surface area contributed by atoms with Crippen molar-refractivity contribution in [1.29, 1.82) is 0 Å². The lowest BCUT2D eigenvalue weighted by molar-refractivity contribution is -0.173. The van der Waals surface area contributed by atoms with Gasteiger partial charge in [-0.25, -0.2) is 0 Å². The van der Waals surface area contributed by atoms with Crippen LogP contribution < -0.4 is 4.72 Å². The highest BCUT2D eigenvalue weighted by Gasteiger charge is 2.46. The highest BCUT2D eigenvalue weighted by molar-refractivity contribution is 7.93. The van der Waals surface area contributed by atoms with E-state index < -0.39 is 34.0 Å². The van der Waals surface area contributed by atoms with Gasteiger partial charge >= 0.3 is 21.7 Å². The predicted octanol–water partition coefficient (Wildman–Crippen LogP) is 3.90. The standard InChI is InChI=1S/C11H9ClF6N2O3S/c1-6(19-23-5-10(13,14)15)8-4-7(12)2-3-9(8)20-24(21,22)11(16,17)18/h2-4,20H,5H2,1H3/b19-6+. The van der Waals surface area contributed by atoms with Gasteiger partial charge in [0.25, 0.3) is 0 Å². The summed E-state index contributed by atoms with van der Waals surface area (Å²) in [4.78, 5) is 4.03. The molecule has 0 saturated heterocycles. The Hall–Kier alpha value is -1.69. The summed E-state index contributed by atoms with van der Waals surface area (Å²) in [6.07, 6.45) is -4.67. The fourth-order valence-electron chi connectivity index (χ4n) is 1.36. The van der Waals surface area contributed by atoms with Crippen molar-refractivity contribution in [1.82, 2.24) is 0 Å². The van der Waals surface area contributed by atoms with Gasteiger partial charge in [-0.3, -0.25) is 4.72 Å². The number of hydrogen-bond donors (Lipinski definition) is 1. The molecule has 136 valence electrons. The van der Waals surface area contributed by atoms with E-state index in [4.69, 9.17) is 11.6 Å². The Morgan fingerprint density at radius 3 is 2.33 bits per heavy atom. The lowest BCUT2D eigenvalue weighted by Gasteiger charge is -2.14. The molecule has 0 unspecified atom stereocenters. The first-order chi connectivity index (χ1) is 10.7. The van der Waals surface area contributed by atoms with Gasteiger partial charge in [-0.1, -0.05) is 16.8 Å². The molecule has 0 aromatic heterocycles. The smallest absolute Gasteiger partial charge is 0.386 e. The van der Waals surface area contributed by atoms with E-state index >= 15 is 0 Å². The Labute approximate surface area is 137 Å². The van der Waals surface area contributed by atoms with Crippen molar-refractivity contribution in [2.45, 2.75) is 18.6 Å². The Morgan fingerprint density at radius 1 is 1.25 bits per heavy atom. The van der Waals surface area contributed by atoms with Crippen molar-refractivity contribution in [3.05, 3.63) is 28.8 Å². The van der Waals surface area contributed by atoms with Crippen molar-refractivity contribution >= 4 is 33.0 Å². The summed E-state index contributed by atoms with van der Waals surface area (Å²) in [7, 11) is -5.73. The molecule has 13 heteroatoms. The summed E-state index contributed by atoms with van der Waals surface area (Å²) in [6.45, 7) is -0.623. The summed E-state index contributed by atoms with van der Waals surface area (Å²) in [5, 5.41) is 3.09. The first kappa shape index (κ1) is 20.4. The number of oxime groups is 1. The van der Waals surface area contributed by atoms with E-state index in [0.29, 0.717) is 0 Å². The van der Waals surface area contributed by atoms with E-state index in [2.05, 4.69) is 9.99 Å². The number of sulfonamides is 1. The van der Waals surface area contributed by atoms with Crippen LogP contribution in [-0.2, 0) is 14.9 Å². The van der Waals surface area contributed by atoms with Crippen molar-refractivity contribution in [3.8, 4) is 0 Å². The van der Waals surface area contributed by atoms with Gasteiger partial charge < -0.3 is 4.84 Å². The lowest BCUT2D eigenvalue weighted by atomic mass is 10.1. The molecular formula is C11H9ClF6N2O3S. The van der Waals surface area contributed by atoms with Crippen LogP contribution in [0.5, 0.6) is 0 Å². The SMILES string of the molecule is C/C(=N\OCC(F)(F)F)c1cc(Cl)ccc1NS(=O)(=O)C(F)(F)F. The van der Waals surface area contributed by atoms with E-state index in [-0.39, 0.29) is 16.3 Å². The van der Waals surface area contributed by atoms with E-state index in [1.165, 1.54) is 4.72 Å². The summed E-state index contributed by atoms with van der Waals surface area (Å²) >= 11 is 5.65. The summed E-state index contributed by atoms with van der Waals surface area (Å²) in [5.74, 6) is 0. The summed E-state index contributed by atoms with van der Waals surface area (Å²) in [5.41, 5.74) is -6.76. The molecule has 0 aliphatic heterocycles. The third kappa shape index (κ3) is 5.74. The Morgan fingerprint density at radius 2 is 1.83 bits per heavy atom. The van der Waals surface area contributed by atoms with Gasteiger partial charge in [-0.15, -0.1) is 0 Å². The molecule has 0 aliphatic rings. The van der Waals surface area contributed by atoms with Gasteiger partial charge in [0.05, 0.1) is 11.4 Å². The number of anilines is 1. The molecule has 0 heterocycles. The number of alkyl halides is 6. The molecule has 0 radical (unpaired) electrons. The average molecular weight is 399 g/mol. The summed E-state index contributed by atoms with van der Waals surface area (Å²) < 4.78 is 96.7. The van der Waals surface area contributed by atoms with Crippen LogP contribution in [0.25, 0.3) is 0 Å². The Kier molecular flexibility index (Phi) is 5.98. The van der Waals surface area contributed by atoms with E-state index in [9.17, 15) is 34.8 Å². The number of halogens is 7. The van der Waals surface area contributed by atoms with Gasteiger partial charge in [-0.05, 0) is 25.1 Å². The lowest BCUT2D eigenvalue weighted by Crippen LogP contribution is -2.30. The number of hydrogen-bond acceptors (Lipinski definition) is 4. The summed E-state index contributed by atoms with van der Waals surface area (Å²) in [6, 6.07) is 3.01. The molecule has 1 rings (SSSR count). The van der Waals surface area contributed by atoms with E-state index in [1.54, 1.807) is 0 Å². The highest BCUT2D eigenvalue weighted by Crippen LogP contribution is 2.29. The maximum atomic E-state index is 12.4. The third-order valence-electron chi connectivity index (χ3n) is 2.35. The second-order valence-electron chi connectivity index (χ2n) is 4.31. The molecule has 0 fully saturated rings. The molecule has 0 aliphatic carbocycles. The predicted molar refractivity (Wildman–Crippen MR) is 74.3 cm³/mol. The van der Waals surface area contributed by atoms with Gasteiger partial charge in [0.2, 0.25) is 6.61 Å². The molecular weight excluding hydrogens is 390 g/mol. The molecule has 5 nitrogen and oxygen atoms in total. The van der Waals surface area contributed by atoms with Crippen molar-refractivity contribution in [2.75, 3.05) is 11.3 Å². The largest absolute Gasteiger partial charge is 0.516 e. The highest BCUT2D eigenvalue weighted by atomic mass is 35.5. The normalized spacial score (nSPS) is 13.8. The number of rotatable bonds is 5. The maximum absolute atomic E-state index is 12.4. The van der Waals surface area contributed by atoms with Crippen LogP contribution in [-0.4, -0.2) is 32.4 Å². The molecule has 0 saturated carbocycles. The first-order valence-electron chi connectivity index (χ1n) is 5.85. The van der Waals surface area contributed by atoms with Gasteiger partial charge in [-0.2, -0.15) is 34.8 Å². The molecule has 1 aromatic carbocycles. The Balaban J connectivity index is 3.16. The fourth-order valence-corrected chi connectivity index (χ4v) is 2.11. The zero-order valence-electron chi connectivity index (χ0n) is 11.7. The zero-order chi connectivity index (χ0) is 18.8. The van der Waals surface area contributed by atoms with E-state index in [1.807, 2.05) is 0 Å². The van der Waals surface area contributed by atoms with E-state index in [0.717, 1.165) is 25.1 Å². The van der Waals surface area contributed by atoms with Gasteiger partial charge in [0.15, 0.2) is 0 Å². The minimum absolute atomic E-state index is 0.00896. The number of nitrogens with one attached hydrogen (secondary N) is 1. The minimum atomic E-state index is -5.73. The maximum Gasteiger partial charge on any atom is 0.516 e. The average Bonchev–Trinajstić information content (AvgIpc) is 2.37. The van der Waals surface area contributed by atoms with Crippen LogP contribution in [0.4, 0.5) is 32.0 Å². The second-order valence-corrected chi connectivity index (χ2v) is 6.42. The van der Waals surface area contributed by atoms with Crippen LogP contribution in [0.15, 0.2) is 23.4 Å². The molecule has 1 aromatic rings. The second kappa shape index (κ2) is 7.05. The Bertz CT molecular complexity index is 730. The quantitative estimate of drug-likeness (QED) is 0.464. The monoisotopic (exact) mass is 398 g/mol. The number of nitrogens with zero attached hydrogens (tertiary/aromatic N) is 1. The van der Waals surface area contributed by atoms with Gasteiger partial charge in [0.1, 0.15) is 0 Å². The third-order valence-corrected chi connectivity index (χ3v) is 3.68. The molecule has 0 bridgehead atoms.